The molecule has 1 unspecified atom stereocenters. The molecule has 2 aromatic rings. The van der Waals surface area contributed by atoms with Crippen LogP contribution in [0.5, 0.6) is 5.88 Å². The highest BCUT2D eigenvalue weighted by Crippen LogP contribution is 2.31. The molecule has 0 spiro atoms. The zero-order valence-electron chi connectivity index (χ0n) is 10.1. The van der Waals surface area contributed by atoms with Crippen LogP contribution in [0.15, 0.2) is 30.5 Å². The smallest absolute Gasteiger partial charge is 0.317 e. The third kappa shape index (κ3) is 2.56. The Labute approximate surface area is 109 Å². The van der Waals surface area contributed by atoms with Crippen LogP contribution < -0.4 is 4.74 Å². The topological polar surface area (TPSA) is 22.1 Å². The Morgan fingerprint density at radius 3 is 2.67 bits per heavy atom. The van der Waals surface area contributed by atoms with Crippen molar-refractivity contribution in [1.29, 1.82) is 0 Å². The van der Waals surface area contributed by atoms with Crippen molar-refractivity contribution in [1.82, 2.24) is 4.98 Å². The van der Waals surface area contributed by atoms with E-state index in [0.29, 0.717) is 11.3 Å². The van der Waals surface area contributed by atoms with Crippen LogP contribution in [0, 0.1) is 0 Å². The van der Waals surface area contributed by atoms with E-state index in [2.05, 4.69) is 18.8 Å². The number of nitrogens with zero attached hydrogens (tertiary/aromatic N) is 1. The van der Waals surface area contributed by atoms with Crippen LogP contribution in [0.3, 0.4) is 0 Å². The van der Waals surface area contributed by atoms with E-state index in [1.54, 1.807) is 12.3 Å². The second-order valence-corrected chi connectivity index (χ2v) is 4.74. The molecule has 0 amide bonds. The number of ether oxygens (including phenoxy) is 1. The highest BCUT2D eigenvalue weighted by atomic mass is 32.2. The van der Waals surface area contributed by atoms with Gasteiger partial charge in [-0.25, -0.2) is 4.98 Å². The predicted octanol–water partition coefficient (Wildman–Crippen LogP) is 4.61. The standard InChI is InChI=1S/C13H13F2NOS/c1-8(2)9-4-3-5-11-10(9)6-7-16-12(11)17-13(14)18-15/h3-8,13H,1-2H3. The highest BCUT2D eigenvalue weighted by molar-refractivity contribution is 7.94. The third-order valence-electron chi connectivity index (χ3n) is 2.70. The van der Waals surface area contributed by atoms with Crippen LogP contribution in [0.2, 0.25) is 0 Å². The van der Waals surface area contributed by atoms with Gasteiger partial charge in [-0.3, -0.25) is 0 Å². The van der Waals surface area contributed by atoms with E-state index >= 15 is 0 Å². The molecule has 0 fully saturated rings. The molecule has 2 nitrogen and oxygen atoms in total. The van der Waals surface area contributed by atoms with Crippen molar-refractivity contribution >= 4 is 22.9 Å². The lowest BCUT2D eigenvalue weighted by atomic mass is 9.97. The summed E-state index contributed by atoms with van der Waals surface area (Å²) < 4.78 is 29.8. The first kappa shape index (κ1) is 13.1. The molecule has 1 aromatic heterocycles. The van der Waals surface area contributed by atoms with Crippen molar-refractivity contribution < 1.29 is 13.0 Å². The number of halogens is 2. The van der Waals surface area contributed by atoms with Gasteiger partial charge in [-0.1, -0.05) is 26.0 Å². The fraction of sp³-hybridized carbons (Fsp3) is 0.308. The second-order valence-electron chi connectivity index (χ2n) is 4.19. The number of pyridine rings is 1. The van der Waals surface area contributed by atoms with Crippen LogP contribution in [0.1, 0.15) is 25.3 Å². The molecule has 0 aliphatic carbocycles. The number of benzene rings is 1. The van der Waals surface area contributed by atoms with Gasteiger partial charge in [0.2, 0.25) is 5.88 Å². The van der Waals surface area contributed by atoms with Gasteiger partial charge in [0.1, 0.15) is 12.1 Å². The van der Waals surface area contributed by atoms with Gasteiger partial charge in [0.25, 0.3) is 0 Å². The fourth-order valence-corrected chi connectivity index (χ4v) is 2.04. The molecule has 5 heteroatoms. The molecular weight excluding hydrogens is 256 g/mol. The molecule has 0 aliphatic heterocycles. The molecule has 0 N–H and O–H groups in total. The molecule has 1 aromatic carbocycles. The summed E-state index contributed by atoms with van der Waals surface area (Å²) in [5.74, 6) is 0.452. The van der Waals surface area contributed by atoms with Gasteiger partial charge in [-0.2, -0.15) is 8.28 Å². The first-order valence-electron chi connectivity index (χ1n) is 5.59. The summed E-state index contributed by atoms with van der Waals surface area (Å²) in [6, 6.07) is 7.52. The Kier molecular flexibility index (Phi) is 4.01. The summed E-state index contributed by atoms with van der Waals surface area (Å²) in [6.45, 7) is 4.15. The van der Waals surface area contributed by atoms with E-state index in [0.717, 1.165) is 10.9 Å². The number of fused-ring (bicyclic) bond motifs is 1. The number of hydrogen-bond acceptors (Lipinski definition) is 3. The van der Waals surface area contributed by atoms with Gasteiger partial charge in [-0.05, 0) is 29.0 Å². The Bertz CT molecular complexity index is 548. The molecule has 1 atom stereocenters. The molecule has 1 heterocycles. The zero-order valence-corrected chi connectivity index (χ0v) is 10.9. The van der Waals surface area contributed by atoms with E-state index in [9.17, 15) is 8.28 Å². The van der Waals surface area contributed by atoms with Gasteiger partial charge in [-0.15, -0.1) is 0 Å². The molecular formula is C13H13F2NOS. The summed E-state index contributed by atoms with van der Waals surface area (Å²) in [7, 11) is 0. The molecule has 0 saturated carbocycles. The van der Waals surface area contributed by atoms with Gasteiger partial charge in [0.15, 0.2) is 0 Å². The molecule has 0 aliphatic rings. The summed E-state index contributed by atoms with van der Waals surface area (Å²) in [5.41, 5.74) is -0.922. The Balaban J connectivity index is 2.53. The average molecular weight is 269 g/mol. The van der Waals surface area contributed by atoms with Crippen molar-refractivity contribution in [3.05, 3.63) is 36.0 Å². The lowest BCUT2D eigenvalue weighted by molar-refractivity contribution is 0.147. The minimum absolute atomic E-state index is 0.118. The van der Waals surface area contributed by atoms with Crippen LogP contribution >= 0.6 is 12.1 Å². The number of aromatic nitrogens is 1. The zero-order chi connectivity index (χ0) is 13.1. The van der Waals surface area contributed by atoms with E-state index in [-0.39, 0.29) is 5.88 Å². The van der Waals surface area contributed by atoms with Crippen LogP contribution in [0.4, 0.5) is 8.28 Å². The van der Waals surface area contributed by atoms with Crippen molar-refractivity contribution in [3.8, 4) is 5.88 Å². The average Bonchev–Trinajstić information content (AvgIpc) is 2.38. The molecule has 2 rings (SSSR count). The molecule has 18 heavy (non-hydrogen) atoms. The molecule has 0 bridgehead atoms. The van der Waals surface area contributed by atoms with E-state index in [4.69, 9.17) is 4.74 Å². The first-order chi connectivity index (χ1) is 8.63. The lowest BCUT2D eigenvalue weighted by Crippen LogP contribution is -2.05. The highest BCUT2D eigenvalue weighted by Gasteiger charge is 2.14. The molecule has 0 saturated heterocycles. The Hall–Kier alpha value is -1.36. The van der Waals surface area contributed by atoms with Crippen molar-refractivity contribution in [3.63, 3.8) is 0 Å². The first-order valence-corrected chi connectivity index (χ1v) is 6.37. The minimum Gasteiger partial charge on any atom is -0.431 e. The van der Waals surface area contributed by atoms with Crippen LogP contribution in [0.25, 0.3) is 10.8 Å². The summed E-state index contributed by atoms with van der Waals surface area (Å²) in [6.07, 6.45) is 1.54. The Morgan fingerprint density at radius 1 is 1.22 bits per heavy atom. The van der Waals surface area contributed by atoms with Gasteiger partial charge < -0.3 is 4.74 Å². The minimum atomic E-state index is -2.05. The van der Waals surface area contributed by atoms with E-state index in [1.807, 2.05) is 18.2 Å². The third-order valence-corrected chi connectivity index (χ3v) is 2.94. The van der Waals surface area contributed by atoms with Crippen LogP contribution in [-0.4, -0.2) is 10.7 Å². The predicted molar refractivity (Wildman–Crippen MR) is 70.1 cm³/mol. The maximum absolute atomic E-state index is 12.9. The van der Waals surface area contributed by atoms with Crippen molar-refractivity contribution in [2.24, 2.45) is 0 Å². The monoisotopic (exact) mass is 269 g/mol. The Morgan fingerprint density at radius 2 is 2.00 bits per heavy atom. The van der Waals surface area contributed by atoms with Crippen molar-refractivity contribution in [2.75, 3.05) is 0 Å². The lowest BCUT2D eigenvalue weighted by Gasteiger charge is -2.13. The normalized spacial score (nSPS) is 12.9. The van der Waals surface area contributed by atoms with Crippen molar-refractivity contribution in [2.45, 2.75) is 25.5 Å². The fourth-order valence-electron chi connectivity index (χ4n) is 1.91. The summed E-state index contributed by atoms with van der Waals surface area (Å²) in [5, 5.41) is 1.65. The number of hydrogen-bond donors (Lipinski definition) is 0. The maximum atomic E-state index is 12.9. The van der Waals surface area contributed by atoms with Gasteiger partial charge in [0.05, 0.1) is 0 Å². The SMILES string of the molecule is CC(C)c1cccc2c(OC(F)SF)nccc12. The van der Waals surface area contributed by atoms with Crippen LogP contribution in [-0.2, 0) is 0 Å². The summed E-state index contributed by atoms with van der Waals surface area (Å²) in [4.78, 5) is 3.95. The largest absolute Gasteiger partial charge is 0.431 e. The maximum Gasteiger partial charge on any atom is 0.317 e. The molecule has 96 valence electrons. The van der Waals surface area contributed by atoms with E-state index in [1.165, 1.54) is 0 Å². The second kappa shape index (κ2) is 5.52. The molecule has 0 radical (unpaired) electrons. The van der Waals surface area contributed by atoms with Gasteiger partial charge >= 0.3 is 5.69 Å². The number of alkyl halides is 1. The van der Waals surface area contributed by atoms with Gasteiger partial charge in [0, 0.05) is 11.6 Å². The quantitative estimate of drug-likeness (QED) is 0.757. The number of rotatable bonds is 4. The summed E-state index contributed by atoms with van der Waals surface area (Å²) >= 11 is -0.490. The van der Waals surface area contributed by atoms with E-state index < -0.39 is 17.8 Å².